The fourth-order valence-corrected chi connectivity index (χ4v) is 2.17. The molecule has 1 fully saturated rings. The first-order valence-corrected chi connectivity index (χ1v) is 6.06. The second kappa shape index (κ2) is 5.38. The van der Waals surface area contributed by atoms with Crippen LogP contribution in [0, 0.1) is 17.3 Å². The van der Waals surface area contributed by atoms with Crippen molar-refractivity contribution in [2.45, 2.75) is 45.2 Å². The van der Waals surface area contributed by atoms with Crippen molar-refractivity contribution in [2.24, 2.45) is 17.3 Å². The lowest BCUT2D eigenvalue weighted by Crippen LogP contribution is -2.32. The molecule has 0 aromatic carbocycles. The summed E-state index contributed by atoms with van der Waals surface area (Å²) in [6.07, 6.45) is -4.72. The Kier molecular flexibility index (Phi) is 4.47. The number of carboxylic acid groups (broad SMARTS) is 2. The number of carboxylic acids is 2. The normalized spacial score (nSPS) is 20.6. The van der Waals surface area contributed by atoms with E-state index in [9.17, 15) is 22.8 Å². The van der Waals surface area contributed by atoms with Crippen LogP contribution in [0.3, 0.4) is 0 Å². The van der Waals surface area contributed by atoms with Crippen molar-refractivity contribution in [2.75, 3.05) is 0 Å². The Bertz CT molecular complexity index is 360. The molecule has 0 aromatic heterocycles. The molecular weight excluding hydrogens is 265 g/mol. The van der Waals surface area contributed by atoms with Gasteiger partial charge >= 0.3 is 18.1 Å². The number of hydrogen-bond donors (Lipinski definition) is 2. The summed E-state index contributed by atoms with van der Waals surface area (Å²) in [7, 11) is 0. The molecule has 2 atom stereocenters. The van der Waals surface area contributed by atoms with Crippen molar-refractivity contribution in [1.82, 2.24) is 0 Å². The van der Waals surface area contributed by atoms with Gasteiger partial charge in [0.15, 0.2) is 0 Å². The van der Waals surface area contributed by atoms with Crippen LogP contribution in [0.1, 0.15) is 39.0 Å². The highest BCUT2D eigenvalue weighted by Gasteiger charge is 2.45. The Labute approximate surface area is 108 Å². The van der Waals surface area contributed by atoms with Gasteiger partial charge in [0.05, 0.1) is 11.8 Å². The van der Waals surface area contributed by atoms with Crippen LogP contribution in [-0.4, -0.2) is 28.3 Å². The van der Waals surface area contributed by atoms with Gasteiger partial charge in [0.1, 0.15) is 0 Å². The molecule has 1 aliphatic carbocycles. The molecule has 0 radical (unpaired) electrons. The van der Waals surface area contributed by atoms with Crippen LogP contribution >= 0.6 is 0 Å². The first kappa shape index (κ1) is 15.8. The molecule has 0 spiro atoms. The van der Waals surface area contributed by atoms with Gasteiger partial charge in [-0.25, -0.2) is 0 Å². The molecule has 2 unspecified atom stereocenters. The monoisotopic (exact) mass is 282 g/mol. The number of hydrogen-bond acceptors (Lipinski definition) is 2. The highest BCUT2D eigenvalue weighted by atomic mass is 19.4. The third-order valence-electron chi connectivity index (χ3n) is 3.68. The molecule has 0 bridgehead atoms. The van der Waals surface area contributed by atoms with Gasteiger partial charge in [0, 0.05) is 6.42 Å². The Hall–Kier alpha value is -1.27. The van der Waals surface area contributed by atoms with Crippen LogP contribution in [0.25, 0.3) is 0 Å². The second-order valence-electron chi connectivity index (χ2n) is 5.56. The highest BCUT2D eigenvalue weighted by Crippen LogP contribution is 2.51. The van der Waals surface area contributed by atoms with E-state index >= 15 is 0 Å². The van der Waals surface area contributed by atoms with Crippen molar-refractivity contribution in [3.05, 3.63) is 0 Å². The van der Waals surface area contributed by atoms with Crippen LogP contribution in [0.15, 0.2) is 0 Å². The van der Waals surface area contributed by atoms with Gasteiger partial charge in [-0.1, -0.05) is 6.92 Å². The third kappa shape index (κ3) is 5.08. The number of alkyl halides is 3. The smallest absolute Gasteiger partial charge is 0.389 e. The highest BCUT2D eigenvalue weighted by molar-refractivity contribution is 5.80. The van der Waals surface area contributed by atoms with Gasteiger partial charge < -0.3 is 10.2 Å². The van der Waals surface area contributed by atoms with E-state index in [-0.39, 0.29) is 11.8 Å². The van der Waals surface area contributed by atoms with E-state index in [0.717, 1.165) is 12.8 Å². The Morgan fingerprint density at radius 3 is 1.95 bits per heavy atom. The minimum Gasteiger partial charge on any atom is -0.481 e. The molecule has 1 aliphatic rings. The fourth-order valence-electron chi connectivity index (χ4n) is 2.17. The van der Waals surface area contributed by atoms with Crippen LogP contribution in [-0.2, 0) is 9.59 Å². The molecule has 19 heavy (non-hydrogen) atoms. The Morgan fingerprint density at radius 1 is 1.16 bits per heavy atom. The number of halogens is 3. The topological polar surface area (TPSA) is 74.6 Å². The fraction of sp³-hybridized carbons (Fsp3) is 0.833. The summed E-state index contributed by atoms with van der Waals surface area (Å²) in [6, 6.07) is 0. The van der Waals surface area contributed by atoms with Gasteiger partial charge in [-0.05, 0) is 31.1 Å². The summed E-state index contributed by atoms with van der Waals surface area (Å²) < 4.78 is 36.5. The molecule has 0 saturated heterocycles. The van der Waals surface area contributed by atoms with Gasteiger partial charge in [-0.3, -0.25) is 9.59 Å². The molecular formula is C12H17F3O4. The lowest BCUT2D eigenvalue weighted by atomic mass is 9.81. The summed E-state index contributed by atoms with van der Waals surface area (Å²) in [5.41, 5.74) is -0.227. The van der Waals surface area contributed by atoms with E-state index in [0.29, 0.717) is 0 Å². The minimum atomic E-state index is -4.47. The molecule has 0 heterocycles. The first-order valence-electron chi connectivity index (χ1n) is 6.06. The Morgan fingerprint density at radius 2 is 1.63 bits per heavy atom. The predicted molar refractivity (Wildman–Crippen MR) is 59.5 cm³/mol. The molecule has 4 nitrogen and oxygen atoms in total. The van der Waals surface area contributed by atoms with Crippen molar-refractivity contribution in [3.63, 3.8) is 0 Å². The zero-order valence-corrected chi connectivity index (χ0v) is 10.5. The zero-order valence-electron chi connectivity index (χ0n) is 10.5. The SMILES string of the molecule is CC1(CC(C(=O)O)C(CCC(F)(F)F)C(=O)O)CC1. The van der Waals surface area contributed by atoms with Crippen LogP contribution in [0.4, 0.5) is 13.2 Å². The lowest BCUT2D eigenvalue weighted by Gasteiger charge is -2.23. The number of rotatable bonds is 7. The quantitative estimate of drug-likeness (QED) is 0.753. The standard InChI is InChI=1S/C12H17F3O4/c1-11(4-5-11)6-8(10(18)19)7(9(16)17)2-3-12(13,14)15/h7-8H,2-6H2,1H3,(H,16,17)(H,18,19). The molecule has 2 N–H and O–H groups in total. The van der Waals surface area contributed by atoms with Crippen LogP contribution in [0.5, 0.6) is 0 Å². The maximum Gasteiger partial charge on any atom is 0.389 e. The van der Waals surface area contributed by atoms with Crippen molar-refractivity contribution in [3.8, 4) is 0 Å². The molecule has 7 heteroatoms. The Balaban J connectivity index is 2.74. The zero-order chi connectivity index (χ0) is 14.8. The predicted octanol–water partition coefficient (Wildman–Crippen LogP) is 2.92. The van der Waals surface area contributed by atoms with E-state index in [4.69, 9.17) is 10.2 Å². The van der Waals surface area contributed by atoms with E-state index in [1.165, 1.54) is 0 Å². The maximum atomic E-state index is 12.2. The van der Waals surface area contributed by atoms with Crippen molar-refractivity contribution in [1.29, 1.82) is 0 Å². The molecule has 0 aliphatic heterocycles. The van der Waals surface area contributed by atoms with Gasteiger partial charge in [-0.2, -0.15) is 13.2 Å². The van der Waals surface area contributed by atoms with Crippen molar-refractivity contribution < 1.29 is 33.0 Å². The number of aliphatic carboxylic acids is 2. The van der Waals surface area contributed by atoms with E-state index in [1.54, 1.807) is 0 Å². The van der Waals surface area contributed by atoms with Gasteiger partial charge in [0.25, 0.3) is 0 Å². The molecule has 1 saturated carbocycles. The largest absolute Gasteiger partial charge is 0.481 e. The van der Waals surface area contributed by atoms with E-state index in [1.807, 2.05) is 6.92 Å². The summed E-state index contributed by atoms with van der Waals surface area (Å²) in [6.45, 7) is 1.83. The van der Waals surface area contributed by atoms with E-state index in [2.05, 4.69) is 0 Å². The van der Waals surface area contributed by atoms with Crippen molar-refractivity contribution >= 4 is 11.9 Å². The second-order valence-corrected chi connectivity index (χ2v) is 5.56. The molecule has 1 rings (SSSR count). The third-order valence-corrected chi connectivity index (χ3v) is 3.68. The molecule has 0 amide bonds. The lowest BCUT2D eigenvalue weighted by molar-refractivity contribution is -0.160. The summed E-state index contributed by atoms with van der Waals surface area (Å²) in [5, 5.41) is 18.0. The molecule has 110 valence electrons. The summed E-state index contributed by atoms with van der Waals surface area (Å²) in [5.74, 6) is -5.55. The van der Waals surface area contributed by atoms with Crippen LogP contribution < -0.4 is 0 Å². The first-order chi connectivity index (χ1) is 8.54. The summed E-state index contributed by atoms with van der Waals surface area (Å²) >= 11 is 0. The molecule has 0 aromatic rings. The van der Waals surface area contributed by atoms with Crippen LogP contribution in [0.2, 0.25) is 0 Å². The summed E-state index contributed by atoms with van der Waals surface area (Å²) in [4.78, 5) is 22.2. The van der Waals surface area contributed by atoms with E-state index < -0.39 is 42.8 Å². The minimum absolute atomic E-state index is 0.122. The average molecular weight is 282 g/mol. The van der Waals surface area contributed by atoms with Gasteiger partial charge in [0.2, 0.25) is 0 Å². The average Bonchev–Trinajstić information content (AvgIpc) is 2.92. The number of carbonyl (C=O) groups is 2. The maximum absolute atomic E-state index is 12.2. The van der Waals surface area contributed by atoms with Gasteiger partial charge in [-0.15, -0.1) is 0 Å².